The summed E-state index contributed by atoms with van der Waals surface area (Å²) >= 11 is 0. The van der Waals surface area contributed by atoms with Crippen LogP contribution in [0.1, 0.15) is 362 Å². The lowest BCUT2D eigenvalue weighted by molar-refractivity contribution is -0.167. The molecule has 0 N–H and O–H groups in total. The minimum Gasteiger partial charge on any atom is -0.462 e. The number of hydrogen-bond donors (Lipinski definition) is 0. The highest BCUT2D eigenvalue weighted by molar-refractivity contribution is 5.71. The molecule has 0 fully saturated rings. The summed E-state index contributed by atoms with van der Waals surface area (Å²) < 4.78 is 16.9. The van der Waals surface area contributed by atoms with Crippen molar-refractivity contribution in [3.8, 4) is 0 Å². The highest BCUT2D eigenvalue weighted by atomic mass is 16.6. The lowest BCUT2D eigenvalue weighted by atomic mass is 9.99. The van der Waals surface area contributed by atoms with Gasteiger partial charge in [-0.2, -0.15) is 0 Å². The summed E-state index contributed by atoms with van der Waals surface area (Å²) in [5.41, 5.74) is 0. The molecule has 0 aliphatic carbocycles. The number of hydrogen-bond acceptors (Lipinski definition) is 6. The van der Waals surface area contributed by atoms with E-state index in [1.807, 2.05) is 0 Å². The van der Waals surface area contributed by atoms with Gasteiger partial charge in [0, 0.05) is 19.3 Å². The van der Waals surface area contributed by atoms with Gasteiger partial charge in [-0.3, -0.25) is 14.4 Å². The van der Waals surface area contributed by atoms with Crippen LogP contribution in [0.5, 0.6) is 0 Å². The highest BCUT2D eigenvalue weighted by Gasteiger charge is 2.19. The summed E-state index contributed by atoms with van der Waals surface area (Å²) in [6.07, 6.45) is 62.4. The van der Waals surface area contributed by atoms with E-state index in [2.05, 4.69) is 34.6 Å². The summed E-state index contributed by atoms with van der Waals surface area (Å²) in [6.45, 7) is 11.5. The van der Waals surface area contributed by atoms with Crippen molar-refractivity contribution >= 4 is 17.9 Å². The van der Waals surface area contributed by atoms with Gasteiger partial charge in [-0.25, -0.2) is 0 Å². The fourth-order valence-corrected chi connectivity index (χ4v) is 9.90. The number of unbranched alkanes of at least 4 members (excludes halogenated alkanes) is 42. The average Bonchev–Trinajstić information content (AvgIpc) is 3.35. The molecule has 0 saturated carbocycles. The van der Waals surface area contributed by atoms with Crippen LogP contribution in [-0.2, 0) is 28.6 Å². The molecule has 0 aliphatic heterocycles. The van der Waals surface area contributed by atoms with E-state index in [0.717, 1.165) is 69.6 Å². The smallest absolute Gasteiger partial charge is 0.306 e. The minimum atomic E-state index is -0.763. The van der Waals surface area contributed by atoms with Gasteiger partial charge in [-0.1, -0.05) is 324 Å². The van der Waals surface area contributed by atoms with Crippen LogP contribution >= 0.6 is 0 Å². The Morgan fingerprint density at radius 1 is 0.300 bits per heavy atom. The Balaban J connectivity index is 4.25. The normalized spacial score (nSPS) is 12.4. The van der Waals surface area contributed by atoms with Crippen LogP contribution < -0.4 is 0 Å². The molecule has 0 saturated heterocycles. The van der Waals surface area contributed by atoms with Crippen LogP contribution in [0, 0.1) is 11.8 Å². The minimum absolute atomic E-state index is 0.0618. The first-order chi connectivity index (χ1) is 34.3. The van der Waals surface area contributed by atoms with Crippen molar-refractivity contribution in [2.24, 2.45) is 11.8 Å². The molecule has 6 heteroatoms. The summed E-state index contributed by atoms with van der Waals surface area (Å²) in [5.74, 6) is 0.922. The number of esters is 3. The molecule has 0 bridgehead atoms. The molecule has 416 valence electrons. The molecule has 0 spiro atoms. The Kier molecular flexibility index (Phi) is 55.4. The Morgan fingerprint density at radius 2 is 0.543 bits per heavy atom. The summed E-state index contributed by atoms with van der Waals surface area (Å²) in [7, 11) is 0. The Labute approximate surface area is 438 Å². The molecule has 0 radical (unpaired) electrons. The van der Waals surface area contributed by atoms with Crippen molar-refractivity contribution in [1.82, 2.24) is 0 Å². The van der Waals surface area contributed by atoms with Crippen LogP contribution in [0.15, 0.2) is 0 Å². The Bertz CT molecular complexity index is 1070. The number of rotatable bonds is 58. The standard InChI is InChI=1S/C64H124O6/c1-6-8-9-10-11-12-13-22-29-34-39-44-49-54-62(65)68-57-61(70-64(67)56-51-46-41-36-31-26-21-20-24-28-33-38-43-48-53-60(5)7-2)58-69-63(66)55-50-45-40-35-30-25-19-17-15-14-16-18-23-27-32-37-42-47-52-59(3)4/h59-61H,6-58H2,1-5H3/t60?,61-/m0/s1. The summed E-state index contributed by atoms with van der Waals surface area (Å²) in [6, 6.07) is 0. The van der Waals surface area contributed by atoms with E-state index in [1.54, 1.807) is 0 Å². The van der Waals surface area contributed by atoms with Crippen LogP contribution in [0.25, 0.3) is 0 Å². The van der Waals surface area contributed by atoms with E-state index in [-0.39, 0.29) is 31.1 Å². The van der Waals surface area contributed by atoms with Gasteiger partial charge in [0.2, 0.25) is 0 Å². The molecule has 2 atom stereocenters. The lowest BCUT2D eigenvalue weighted by Crippen LogP contribution is -2.30. The van der Waals surface area contributed by atoms with Crippen LogP contribution in [0.3, 0.4) is 0 Å². The second kappa shape index (κ2) is 56.7. The third-order valence-corrected chi connectivity index (χ3v) is 15.1. The third kappa shape index (κ3) is 55.7. The van der Waals surface area contributed by atoms with E-state index < -0.39 is 6.10 Å². The Hall–Kier alpha value is -1.59. The van der Waals surface area contributed by atoms with Crippen molar-refractivity contribution < 1.29 is 28.6 Å². The molecule has 0 aromatic rings. The maximum absolute atomic E-state index is 12.9. The molecule has 0 amide bonds. The zero-order valence-electron chi connectivity index (χ0n) is 48.2. The third-order valence-electron chi connectivity index (χ3n) is 15.1. The van der Waals surface area contributed by atoms with E-state index in [4.69, 9.17) is 14.2 Å². The van der Waals surface area contributed by atoms with Crippen molar-refractivity contribution in [3.05, 3.63) is 0 Å². The Morgan fingerprint density at radius 3 is 0.814 bits per heavy atom. The second-order valence-electron chi connectivity index (χ2n) is 22.8. The molecule has 70 heavy (non-hydrogen) atoms. The zero-order chi connectivity index (χ0) is 51.1. The topological polar surface area (TPSA) is 78.9 Å². The molecule has 0 aromatic carbocycles. The highest BCUT2D eigenvalue weighted by Crippen LogP contribution is 2.19. The van der Waals surface area contributed by atoms with Gasteiger partial charge in [-0.15, -0.1) is 0 Å². The maximum Gasteiger partial charge on any atom is 0.306 e. The number of carbonyl (C=O) groups excluding carboxylic acids is 3. The van der Waals surface area contributed by atoms with Crippen molar-refractivity contribution in [2.45, 2.75) is 368 Å². The van der Waals surface area contributed by atoms with Gasteiger partial charge >= 0.3 is 17.9 Å². The monoisotopic (exact) mass is 989 g/mol. The predicted octanol–water partition coefficient (Wildman–Crippen LogP) is 21.2. The van der Waals surface area contributed by atoms with Crippen LogP contribution in [-0.4, -0.2) is 37.2 Å². The summed E-state index contributed by atoms with van der Waals surface area (Å²) in [4.78, 5) is 38.3. The SMILES string of the molecule is CCCCCCCCCCCCCCCC(=O)OC[C@@H](COC(=O)CCCCCCCCCCCCCCCCCCCCC(C)C)OC(=O)CCCCCCCCCCCCCCCCC(C)CC. The fraction of sp³-hybridized carbons (Fsp3) is 0.953. The van der Waals surface area contributed by atoms with Crippen LogP contribution in [0.4, 0.5) is 0 Å². The van der Waals surface area contributed by atoms with E-state index >= 15 is 0 Å². The van der Waals surface area contributed by atoms with Crippen molar-refractivity contribution in [2.75, 3.05) is 13.2 Å². The van der Waals surface area contributed by atoms with Crippen molar-refractivity contribution in [3.63, 3.8) is 0 Å². The van der Waals surface area contributed by atoms with Gasteiger partial charge in [0.1, 0.15) is 13.2 Å². The van der Waals surface area contributed by atoms with Gasteiger partial charge in [0.15, 0.2) is 6.10 Å². The fourth-order valence-electron chi connectivity index (χ4n) is 9.90. The predicted molar refractivity (Wildman–Crippen MR) is 303 cm³/mol. The first-order valence-corrected chi connectivity index (χ1v) is 31.8. The van der Waals surface area contributed by atoms with Gasteiger partial charge in [0.25, 0.3) is 0 Å². The summed E-state index contributed by atoms with van der Waals surface area (Å²) in [5, 5.41) is 0. The second-order valence-corrected chi connectivity index (χ2v) is 22.8. The lowest BCUT2D eigenvalue weighted by Gasteiger charge is -2.18. The van der Waals surface area contributed by atoms with E-state index in [1.165, 1.54) is 250 Å². The first kappa shape index (κ1) is 68.4. The molecule has 0 rings (SSSR count). The molecule has 0 aromatic heterocycles. The molecule has 0 heterocycles. The van der Waals surface area contributed by atoms with Gasteiger partial charge in [0.05, 0.1) is 0 Å². The zero-order valence-corrected chi connectivity index (χ0v) is 48.2. The van der Waals surface area contributed by atoms with Gasteiger partial charge < -0.3 is 14.2 Å². The molecule has 6 nitrogen and oxygen atoms in total. The average molecular weight is 990 g/mol. The number of ether oxygens (including phenoxy) is 3. The molecule has 1 unspecified atom stereocenters. The largest absolute Gasteiger partial charge is 0.462 e. The first-order valence-electron chi connectivity index (χ1n) is 31.8. The quantitative estimate of drug-likeness (QED) is 0.0343. The number of carbonyl (C=O) groups is 3. The van der Waals surface area contributed by atoms with E-state index in [9.17, 15) is 14.4 Å². The van der Waals surface area contributed by atoms with Crippen molar-refractivity contribution in [1.29, 1.82) is 0 Å². The van der Waals surface area contributed by atoms with E-state index in [0.29, 0.717) is 19.3 Å². The molecular formula is C64H124O6. The van der Waals surface area contributed by atoms with Gasteiger partial charge in [-0.05, 0) is 31.1 Å². The van der Waals surface area contributed by atoms with Crippen LogP contribution in [0.2, 0.25) is 0 Å². The maximum atomic E-state index is 12.9. The molecule has 0 aliphatic rings. The molecular weight excluding hydrogens is 865 g/mol.